The van der Waals surface area contributed by atoms with Gasteiger partial charge in [0.2, 0.25) is 0 Å². The van der Waals surface area contributed by atoms with Gasteiger partial charge >= 0.3 is 0 Å². The first kappa shape index (κ1) is 19.0. The maximum absolute atomic E-state index is 11.8. The van der Waals surface area contributed by atoms with Crippen molar-refractivity contribution in [2.75, 3.05) is 16.9 Å². The molecule has 1 amide bonds. The third-order valence-electron chi connectivity index (χ3n) is 5.86. The number of primary amides is 1. The summed E-state index contributed by atoms with van der Waals surface area (Å²) < 4.78 is 0. The Morgan fingerprint density at radius 2 is 1.96 bits per heavy atom. The lowest BCUT2D eigenvalue weighted by Gasteiger charge is -2.37. The minimum Gasteiger partial charge on any atom is -0.366 e. The topological polar surface area (TPSA) is 70.4 Å². The lowest BCUT2D eigenvalue weighted by atomic mass is 9.89. The van der Waals surface area contributed by atoms with Gasteiger partial charge in [0, 0.05) is 18.1 Å². The van der Waals surface area contributed by atoms with Crippen molar-refractivity contribution < 1.29 is 4.79 Å². The lowest BCUT2D eigenvalue weighted by molar-refractivity contribution is 0.100. The van der Waals surface area contributed by atoms with Crippen molar-refractivity contribution >= 4 is 17.3 Å². The number of carbonyl (C=O) groups excluding carboxylic acids is 1. The fraction of sp³-hybridized carbons (Fsp3) is 0.667. The van der Waals surface area contributed by atoms with Crippen LogP contribution in [0, 0.1) is 5.92 Å². The minimum atomic E-state index is -0.343. The Labute approximate surface area is 157 Å². The van der Waals surface area contributed by atoms with Crippen LogP contribution in [0.15, 0.2) is 18.2 Å². The van der Waals surface area contributed by atoms with E-state index < -0.39 is 0 Å². The van der Waals surface area contributed by atoms with E-state index in [2.05, 4.69) is 36.3 Å². The molecule has 1 unspecified atom stereocenters. The smallest absolute Gasteiger partial charge is 0.250 e. The van der Waals surface area contributed by atoms with E-state index in [0.29, 0.717) is 23.7 Å². The van der Waals surface area contributed by atoms with Gasteiger partial charge in [0.1, 0.15) is 0 Å². The van der Waals surface area contributed by atoms with E-state index in [9.17, 15) is 4.79 Å². The van der Waals surface area contributed by atoms with Crippen LogP contribution in [0.25, 0.3) is 0 Å². The molecule has 5 nitrogen and oxygen atoms in total. The fourth-order valence-electron chi connectivity index (χ4n) is 4.38. The van der Waals surface area contributed by atoms with E-state index in [1.165, 1.54) is 25.7 Å². The number of carbonyl (C=O) groups is 1. The first-order chi connectivity index (χ1) is 12.5. The van der Waals surface area contributed by atoms with Crippen LogP contribution >= 0.6 is 0 Å². The standard InChI is InChI=1S/C21H34N4O/c1-14(2)7-8-15(3)24-16-9-11-17(12-10-16)25-13-23-19-6-4-5-18(20(19)25)21(22)26/h4-6,14-17,23-24H,7-13H2,1-3H3,(H2,22,26). The van der Waals surface area contributed by atoms with Crippen LogP contribution in [0.3, 0.4) is 0 Å². The molecule has 1 aromatic carbocycles. The van der Waals surface area contributed by atoms with Crippen molar-refractivity contribution in [3.63, 3.8) is 0 Å². The molecule has 1 atom stereocenters. The van der Waals surface area contributed by atoms with Gasteiger partial charge in [0.05, 0.1) is 23.6 Å². The molecule has 0 saturated heterocycles. The number of nitrogens with one attached hydrogen (secondary N) is 2. The monoisotopic (exact) mass is 358 g/mol. The second-order valence-electron chi connectivity index (χ2n) is 8.42. The van der Waals surface area contributed by atoms with Crippen molar-refractivity contribution in [1.82, 2.24) is 5.32 Å². The number of hydrogen-bond donors (Lipinski definition) is 3. The molecule has 0 spiro atoms. The van der Waals surface area contributed by atoms with Crippen LogP contribution in [0.1, 0.15) is 69.7 Å². The molecule has 4 N–H and O–H groups in total. The Hall–Kier alpha value is -1.75. The summed E-state index contributed by atoms with van der Waals surface area (Å²) in [6.45, 7) is 7.67. The first-order valence-corrected chi connectivity index (χ1v) is 10.1. The molecule has 1 saturated carbocycles. The molecule has 1 heterocycles. The molecule has 26 heavy (non-hydrogen) atoms. The quantitative estimate of drug-likeness (QED) is 0.695. The summed E-state index contributed by atoms with van der Waals surface area (Å²) in [4.78, 5) is 14.2. The third-order valence-corrected chi connectivity index (χ3v) is 5.86. The van der Waals surface area contributed by atoms with E-state index in [4.69, 9.17) is 5.73 Å². The third kappa shape index (κ3) is 4.32. The Morgan fingerprint density at radius 1 is 1.23 bits per heavy atom. The number of nitrogens with zero attached hydrogens (tertiary/aromatic N) is 1. The zero-order valence-corrected chi connectivity index (χ0v) is 16.4. The van der Waals surface area contributed by atoms with Crippen LogP contribution in [0.2, 0.25) is 0 Å². The van der Waals surface area contributed by atoms with Crippen LogP contribution < -0.4 is 21.3 Å². The molecule has 0 radical (unpaired) electrons. The van der Waals surface area contributed by atoms with Crippen molar-refractivity contribution in [2.45, 2.75) is 77.4 Å². The second kappa shape index (κ2) is 8.30. The normalized spacial score (nSPS) is 23.6. The van der Waals surface area contributed by atoms with Crippen molar-refractivity contribution in [1.29, 1.82) is 0 Å². The van der Waals surface area contributed by atoms with Crippen molar-refractivity contribution in [2.24, 2.45) is 11.7 Å². The molecular weight excluding hydrogens is 324 g/mol. The summed E-state index contributed by atoms with van der Waals surface area (Å²) in [5.41, 5.74) is 8.27. The Balaban J connectivity index is 1.57. The first-order valence-electron chi connectivity index (χ1n) is 10.1. The molecular formula is C21H34N4O. The summed E-state index contributed by atoms with van der Waals surface area (Å²) in [5, 5.41) is 7.24. The predicted molar refractivity (Wildman–Crippen MR) is 109 cm³/mol. The zero-order valence-electron chi connectivity index (χ0n) is 16.4. The number of rotatable bonds is 7. The van der Waals surface area contributed by atoms with Gasteiger partial charge in [0.25, 0.3) is 5.91 Å². The molecule has 0 bridgehead atoms. The highest BCUT2D eigenvalue weighted by atomic mass is 16.1. The van der Waals surface area contributed by atoms with E-state index in [1.807, 2.05) is 18.2 Å². The molecule has 5 heteroatoms. The van der Waals surface area contributed by atoms with Gasteiger partial charge in [-0.1, -0.05) is 19.9 Å². The fourth-order valence-corrected chi connectivity index (χ4v) is 4.38. The lowest BCUT2D eigenvalue weighted by Crippen LogP contribution is -2.45. The SMILES string of the molecule is CC(C)CCC(C)NC1CCC(N2CNc3cccc(C(N)=O)c32)CC1. The van der Waals surface area contributed by atoms with Gasteiger partial charge in [-0.05, 0) is 63.5 Å². The molecule has 1 aromatic rings. The van der Waals surface area contributed by atoms with Gasteiger partial charge in [-0.3, -0.25) is 4.79 Å². The number of amides is 1. The summed E-state index contributed by atoms with van der Waals surface area (Å²) in [6.07, 6.45) is 7.24. The number of para-hydroxylation sites is 1. The summed E-state index contributed by atoms with van der Waals surface area (Å²) in [7, 11) is 0. The molecule has 2 aliphatic rings. The highest BCUT2D eigenvalue weighted by Gasteiger charge is 2.32. The largest absolute Gasteiger partial charge is 0.366 e. The number of nitrogens with two attached hydrogens (primary N) is 1. The Kier molecular flexibility index (Phi) is 6.07. The van der Waals surface area contributed by atoms with Gasteiger partial charge < -0.3 is 21.3 Å². The molecule has 144 valence electrons. The highest BCUT2D eigenvalue weighted by molar-refractivity contribution is 6.02. The van der Waals surface area contributed by atoms with E-state index >= 15 is 0 Å². The molecule has 3 rings (SSSR count). The highest BCUT2D eigenvalue weighted by Crippen LogP contribution is 2.39. The van der Waals surface area contributed by atoms with Crippen molar-refractivity contribution in [3.8, 4) is 0 Å². The zero-order chi connectivity index (χ0) is 18.7. The van der Waals surface area contributed by atoms with Crippen LogP contribution in [-0.2, 0) is 0 Å². The maximum atomic E-state index is 11.8. The van der Waals surface area contributed by atoms with E-state index in [1.54, 1.807) is 0 Å². The Morgan fingerprint density at radius 3 is 2.62 bits per heavy atom. The summed E-state index contributed by atoms with van der Waals surface area (Å²) in [5.74, 6) is 0.432. The summed E-state index contributed by atoms with van der Waals surface area (Å²) >= 11 is 0. The molecule has 1 fully saturated rings. The van der Waals surface area contributed by atoms with Crippen LogP contribution in [-0.4, -0.2) is 30.7 Å². The van der Waals surface area contributed by atoms with Crippen LogP contribution in [0.5, 0.6) is 0 Å². The van der Waals surface area contributed by atoms with E-state index in [-0.39, 0.29) is 5.91 Å². The predicted octanol–water partition coefficient (Wildman–Crippen LogP) is 3.70. The molecule has 1 aliphatic heterocycles. The average molecular weight is 359 g/mol. The summed E-state index contributed by atoms with van der Waals surface area (Å²) in [6, 6.07) is 7.46. The minimum absolute atomic E-state index is 0.343. The van der Waals surface area contributed by atoms with E-state index in [0.717, 1.165) is 36.8 Å². The maximum Gasteiger partial charge on any atom is 0.250 e. The van der Waals surface area contributed by atoms with Gasteiger partial charge in [-0.25, -0.2) is 0 Å². The van der Waals surface area contributed by atoms with Crippen LogP contribution in [0.4, 0.5) is 11.4 Å². The number of fused-ring (bicyclic) bond motifs is 1. The van der Waals surface area contributed by atoms with Gasteiger partial charge in [-0.15, -0.1) is 0 Å². The number of anilines is 2. The average Bonchev–Trinajstić information content (AvgIpc) is 3.04. The number of benzene rings is 1. The van der Waals surface area contributed by atoms with Crippen molar-refractivity contribution in [3.05, 3.63) is 23.8 Å². The molecule has 1 aliphatic carbocycles. The van der Waals surface area contributed by atoms with Gasteiger partial charge in [-0.2, -0.15) is 0 Å². The Bertz CT molecular complexity index is 622. The second-order valence-corrected chi connectivity index (χ2v) is 8.42. The van der Waals surface area contributed by atoms with Gasteiger partial charge in [0.15, 0.2) is 0 Å². The number of hydrogen-bond acceptors (Lipinski definition) is 4. The molecule has 0 aromatic heterocycles.